The van der Waals surface area contributed by atoms with Crippen LogP contribution in [-0.2, 0) is 9.53 Å². The Kier molecular flexibility index (Phi) is 6.28. The molecule has 2 aromatic rings. The van der Waals surface area contributed by atoms with Gasteiger partial charge >= 0.3 is 0 Å². The van der Waals surface area contributed by atoms with E-state index in [9.17, 15) is 4.79 Å². The number of carbonyl (C=O) groups excluding carboxylic acids is 1. The minimum atomic E-state index is -0.390. The third kappa shape index (κ3) is 4.16. The Hall–Kier alpha value is -3.25. The predicted octanol–water partition coefficient (Wildman–Crippen LogP) is 3.61. The maximum atomic E-state index is 13.5. The van der Waals surface area contributed by atoms with E-state index in [4.69, 9.17) is 14.2 Å². The van der Waals surface area contributed by atoms with E-state index in [1.54, 1.807) is 20.3 Å². The summed E-state index contributed by atoms with van der Waals surface area (Å²) in [6, 6.07) is 15.7. The summed E-state index contributed by atoms with van der Waals surface area (Å²) in [5, 5.41) is 0. The summed E-state index contributed by atoms with van der Waals surface area (Å²) < 4.78 is 16.7. The number of para-hydroxylation sites is 2. The van der Waals surface area contributed by atoms with Crippen LogP contribution in [0.4, 0.5) is 5.69 Å². The lowest BCUT2D eigenvalue weighted by Gasteiger charge is -2.37. The van der Waals surface area contributed by atoms with Gasteiger partial charge in [0.15, 0.2) is 0 Å². The molecule has 0 aromatic heterocycles. The van der Waals surface area contributed by atoms with Crippen molar-refractivity contribution >= 4 is 11.6 Å². The van der Waals surface area contributed by atoms with Gasteiger partial charge in [-0.1, -0.05) is 36.9 Å². The number of carbonyl (C=O) groups is 1. The fraction of sp³-hybridized carbons (Fsp3) is 0.320. The van der Waals surface area contributed by atoms with Gasteiger partial charge in [0.2, 0.25) is 0 Å². The van der Waals surface area contributed by atoms with E-state index in [1.165, 1.54) is 0 Å². The van der Waals surface area contributed by atoms with Gasteiger partial charge in [0, 0.05) is 26.2 Å². The molecule has 162 valence electrons. The van der Waals surface area contributed by atoms with Crippen LogP contribution < -0.4 is 14.4 Å². The van der Waals surface area contributed by atoms with Gasteiger partial charge in [0.05, 0.1) is 32.1 Å². The number of hydrogen-bond acceptors (Lipinski definition) is 5. The lowest BCUT2D eigenvalue weighted by atomic mass is 9.97. The predicted molar refractivity (Wildman–Crippen MR) is 121 cm³/mol. The van der Waals surface area contributed by atoms with Gasteiger partial charge in [0.25, 0.3) is 5.91 Å². The van der Waals surface area contributed by atoms with Crippen LogP contribution in [0.25, 0.3) is 0 Å². The van der Waals surface area contributed by atoms with Crippen molar-refractivity contribution < 1.29 is 19.0 Å². The molecule has 31 heavy (non-hydrogen) atoms. The van der Waals surface area contributed by atoms with Crippen LogP contribution in [0.5, 0.6) is 11.5 Å². The SMILES string of the molecule is C=CC1=C(C(=O)N2CCN(c3ccccc3OC)CC2)C(c2ccc(OC)cc2)OC1. The average Bonchev–Trinajstić information content (AvgIpc) is 3.28. The van der Waals surface area contributed by atoms with Crippen LogP contribution in [0, 0.1) is 0 Å². The molecule has 0 N–H and O–H groups in total. The summed E-state index contributed by atoms with van der Waals surface area (Å²) in [4.78, 5) is 17.7. The Balaban J connectivity index is 1.50. The first kappa shape index (κ1) is 21.0. The van der Waals surface area contributed by atoms with Crippen molar-refractivity contribution in [3.8, 4) is 11.5 Å². The third-order valence-corrected chi connectivity index (χ3v) is 5.90. The number of anilines is 1. The van der Waals surface area contributed by atoms with E-state index in [2.05, 4.69) is 17.5 Å². The molecule has 6 nitrogen and oxygen atoms in total. The number of methoxy groups -OCH3 is 2. The molecule has 2 aliphatic rings. The summed E-state index contributed by atoms with van der Waals surface area (Å²) in [7, 11) is 3.32. The summed E-state index contributed by atoms with van der Waals surface area (Å²) in [5.74, 6) is 1.64. The van der Waals surface area contributed by atoms with Crippen molar-refractivity contribution in [1.29, 1.82) is 0 Å². The van der Waals surface area contributed by atoms with Crippen molar-refractivity contribution in [2.24, 2.45) is 0 Å². The Morgan fingerprint density at radius 1 is 1.03 bits per heavy atom. The van der Waals surface area contributed by atoms with E-state index in [0.29, 0.717) is 25.3 Å². The first-order chi connectivity index (χ1) is 15.2. The third-order valence-electron chi connectivity index (χ3n) is 5.90. The molecule has 1 atom stereocenters. The summed E-state index contributed by atoms with van der Waals surface area (Å²) in [5.41, 5.74) is 3.54. The van der Waals surface area contributed by atoms with Crippen molar-refractivity contribution in [1.82, 2.24) is 4.90 Å². The number of nitrogens with zero attached hydrogens (tertiary/aromatic N) is 2. The quantitative estimate of drug-likeness (QED) is 0.715. The first-order valence-corrected chi connectivity index (χ1v) is 10.4. The molecular formula is C25H28N2O4. The zero-order valence-electron chi connectivity index (χ0n) is 18.0. The first-order valence-electron chi connectivity index (χ1n) is 10.4. The maximum absolute atomic E-state index is 13.5. The Morgan fingerprint density at radius 2 is 1.74 bits per heavy atom. The van der Waals surface area contributed by atoms with Crippen LogP contribution in [-0.4, -0.2) is 57.8 Å². The second kappa shape index (κ2) is 9.27. The minimum absolute atomic E-state index is 0.0212. The second-order valence-corrected chi connectivity index (χ2v) is 7.56. The molecule has 0 spiro atoms. The van der Waals surface area contributed by atoms with Crippen LogP contribution >= 0.6 is 0 Å². The molecule has 0 bridgehead atoms. The average molecular weight is 421 g/mol. The van der Waals surface area contributed by atoms with Gasteiger partial charge in [-0.3, -0.25) is 4.79 Å². The number of rotatable bonds is 6. The van der Waals surface area contributed by atoms with E-state index in [-0.39, 0.29) is 5.91 Å². The molecule has 2 aromatic carbocycles. The van der Waals surface area contributed by atoms with Crippen LogP contribution in [0.1, 0.15) is 11.7 Å². The number of amides is 1. The van der Waals surface area contributed by atoms with Gasteiger partial charge in [0.1, 0.15) is 17.6 Å². The molecule has 0 saturated carbocycles. The van der Waals surface area contributed by atoms with Crippen molar-refractivity contribution in [2.45, 2.75) is 6.10 Å². The highest BCUT2D eigenvalue weighted by Crippen LogP contribution is 2.37. The monoisotopic (exact) mass is 420 g/mol. The zero-order chi connectivity index (χ0) is 21.8. The van der Waals surface area contributed by atoms with E-state index >= 15 is 0 Å². The molecule has 1 saturated heterocycles. The highest BCUT2D eigenvalue weighted by molar-refractivity contribution is 5.96. The lowest BCUT2D eigenvalue weighted by Crippen LogP contribution is -2.49. The van der Waals surface area contributed by atoms with Crippen molar-refractivity contribution in [2.75, 3.05) is 51.9 Å². The van der Waals surface area contributed by atoms with Gasteiger partial charge in [-0.25, -0.2) is 0 Å². The molecule has 6 heteroatoms. The summed E-state index contributed by atoms with van der Waals surface area (Å²) in [6.07, 6.45) is 1.35. The van der Waals surface area contributed by atoms with Gasteiger partial charge < -0.3 is 24.0 Å². The molecule has 1 fully saturated rings. The van der Waals surface area contributed by atoms with Gasteiger partial charge in [-0.05, 0) is 35.4 Å². The number of piperazine rings is 1. The Morgan fingerprint density at radius 3 is 2.39 bits per heavy atom. The molecule has 2 aliphatic heterocycles. The van der Waals surface area contributed by atoms with E-state index in [1.807, 2.05) is 47.4 Å². The van der Waals surface area contributed by atoms with E-state index < -0.39 is 6.10 Å². The second-order valence-electron chi connectivity index (χ2n) is 7.56. The van der Waals surface area contributed by atoms with Crippen LogP contribution in [0.15, 0.2) is 72.3 Å². The fourth-order valence-electron chi connectivity index (χ4n) is 4.17. The van der Waals surface area contributed by atoms with Crippen molar-refractivity contribution in [3.63, 3.8) is 0 Å². The van der Waals surface area contributed by atoms with Gasteiger partial charge in [-0.15, -0.1) is 0 Å². The van der Waals surface area contributed by atoms with Crippen molar-refractivity contribution in [3.05, 3.63) is 77.9 Å². The molecule has 4 rings (SSSR count). The highest BCUT2D eigenvalue weighted by Gasteiger charge is 2.35. The molecule has 1 amide bonds. The molecular weight excluding hydrogens is 392 g/mol. The number of benzene rings is 2. The molecule has 0 aliphatic carbocycles. The summed E-state index contributed by atoms with van der Waals surface area (Å²) >= 11 is 0. The Labute approximate surface area is 183 Å². The van der Waals surface area contributed by atoms with E-state index in [0.717, 1.165) is 41.4 Å². The molecule has 0 radical (unpaired) electrons. The standard InChI is InChI=1S/C25H28N2O4/c1-4-18-17-31-24(19-9-11-20(29-2)12-10-19)23(18)25(28)27-15-13-26(14-16-27)21-7-5-6-8-22(21)30-3/h4-12,24H,1,13-17H2,2-3H3. The van der Waals surface area contributed by atoms with Crippen LogP contribution in [0.2, 0.25) is 0 Å². The molecule has 2 heterocycles. The smallest absolute Gasteiger partial charge is 0.253 e. The van der Waals surface area contributed by atoms with Crippen LogP contribution in [0.3, 0.4) is 0 Å². The zero-order valence-corrected chi connectivity index (χ0v) is 18.0. The van der Waals surface area contributed by atoms with Gasteiger partial charge in [-0.2, -0.15) is 0 Å². The Bertz CT molecular complexity index is 975. The fourth-order valence-corrected chi connectivity index (χ4v) is 4.17. The normalized spacial score (nSPS) is 18.8. The summed E-state index contributed by atoms with van der Waals surface area (Å²) in [6.45, 7) is 7.06. The molecule has 1 unspecified atom stereocenters. The largest absolute Gasteiger partial charge is 0.497 e. The highest BCUT2D eigenvalue weighted by atomic mass is 16.5. The lowest BCUT2D eigenvalue weighted by molar-refractivity contribution is -0.128. The number of hydrogen-bond donors (Lipinski definition) is 0. The topological polar surface area (TPSA) is 51.2 Å². The maximum Gasteiger partial charge on any atom is 0.253 e. The minimum Gasteiger partial charge on any atom is -0.497 e. The number of ether oxygens (including phenoxy) is 3.